The molecule has 0 spiro atoms. The Balaban J connectivity index is 2.08. The lowest BCUT2D eigenvalue weighted by molar-refractivity contribution is -0.115. The van der Waals surface area contributed by atoms with Crippen molar-refractivity contribution in [3.05, 3.63) is 36.4 Å². The number of anilines is 2. The van der Waals surface area contributed by atoms with Gasteiger partial charge in [-0.1, -0.05) is 0 Å². The van der Waals surface area contributed by atoms with Crippen molar-refractivity contribution < 1.29 is 27.4 Å². The van der Waals surface area contributed by atoms with Crippen molar-refractivity contribution in [2.24, 2.45) is 0 Å². The molecule has 146 valence electrons. The number of ether oxygens (including phenoxy) is 3. The molecule has 0 aliphatic rings. The van der Waals surface area contributed by atoms with Crippen LogP contribution in [0.5, 0.6) is 17.2 Å². The molecule has 0 bridgehead atoms. The van der Waals surface area contributed by atoms with Crippen LogP contribution in [0.15, 0.2) is 41.3 Å². The molecular formula is C18H22N2O6S. The third-order valence-corrected chi connectivity index (χ3v) is 5.56. The molecule has 1 amide bonds. The van der Waals surface area contributed by atoms with E-state index in [0.717, 1.165) is 0 Å². The van der Waals surface area contributed by atoms with E-state index in [1.54, 1.807) is 18.2 Å². The third kappa shape index (κ3) is 5.04. The Morgan fingerprint density at radius 1 is 1.00 bits per heavy atom. The van der Waals surface area contributed by atoms with Crippen LogP contribution < -0.4 is 25.3 Å². The van der Waals surface area contributed by atoms with E-state index in [1.165, 1.54) is 39.5 Å². The lowest BCUT2D eigenvalue weighted by Gasteiger charge is -2.11. The summed E-state index contributed by atoms with van der Waals surface area (Å²) in [6.07, 6.45) is -0.229. The second-order valence-electron chi connectivity index (χ2n) is 5.59. The van der Waals surface area contributed by atoms with Crippen LogP contribution >= 0.6 is 0 Å². The topological polar surface area (TPSA) is 117 Å². The number of benzene rings is 2. The van der Waals surface area contributed by atoms with E-state index in [-0.39, 0.29) is 17.1 Å². The van der Waals surface area contributed by atoms with Gasteiger partial charge in [0, 0.05) is 18.6 Å². The molecule has 0 saturated heterocycles. The normalized spacial score (nSPS) is 10.9. The molecule has 0 unspecified atom stereocenters. The van der Waals surface area contributed by atoms with Crippen molar-refractivity contribution in [1.82, 2.24) is 0 Å². The van der Waals surface area contributed by atoms with E-state index in [9.17, 15) is 13.2 Å². The lowest BCUT2D eigenvalue weighted by atomic mass is 10.2. The highest BCUT2D eigenvalue weighted by atomic mass is 32.2. The zero-order valence-electron chi connectivity index (χ0n) is 15.3. The van der Waals surface area contributed by atoms with Crippen LogP contribution in [-0.4, -0.2) is 41.4 Å². The standard InChI is InChI=1S/C18H22N2O6S/c1-24-12-4-6-14(19)15(10-12)20-18(21)8-9-27(22,23)13-5-7-16(25-2)17(11-13)26-3/h4-7,10-11H,8-9,19H2,1-3H3,(H,20,21). The van der Waals surface area contributed by atoms with Gasteiger partial charge < -0.3 is 25.3 Å². The number of nitrogens with one attached hydrogen (secondary N) is 1. The van der Waals surface area contributed by atoms with E-state index >= 15 is 0 Å². The Morgan fingerprint density at radius 3 is 2.33 bits per heavy atom. The van der Waals surface area contributed by atoms with Crippen molar-refractivity contribution >= 4 is 27.1 Å². The molecule has 0 fully saturated rings. The molecule has 0 saturated carbocycles. The van der Waals surface area contributed by atoms with Gasteiger partial charge >= 0.3 is 0 Å². The fourth-order valence-electron chi connectivity index (χ4n) is 2.34. The molecular weight excluding hydrogens is 372 g/mol. The summed E-state index contributed by atoms with van der Waals surface area (Å²) in [4.78, 5) is 12.2. The number of nitrogen functional groups attached to an aromatic ring is 1. The number of hydrogen-bond acceptors (Lipinski definition) is 7. The minimum absolute atomic E-state index is 0.0499. The number of sulfone groups is 1. The Labute approximate surface area is 158 Å². The van der Waals surface area contributed by atoms with Gasteiger partial charge in [-0.25, -0.2) is 8.42 Å². The summed E-state index contributed by atoms with van der Waals surface area (Å²) in [6.45, 7) is 0. The average molecular weight is 394 g/mol. The van der Waals surface area contributed by atoms with Crippen molar-refractivity contribution in [1.29, 1.82) is 0 Å². The Bertz CT molecular complexity index is 927. The van der Waals surface area contributed by atoms with Gasteiger partial charge in [0.25, 0.3) is 0 Å². The zero-order valence-corrected chi connectivity index (χ0v) is 16.1. The van der Waals surface area contributed by atoms with Gasteiger partial charge in [0.15, 0.2) is 21.3 Å². The molecule has 3 N–H and O–H groups in total. The zero-order chi connectivity index (χ0) is 20.0. The summed E-state index contributed by atoms with van der Waals surface area (Å²) in [5, 5.41) is 2.60. The first kappa shape index (κ1) is 20.4. The smallest absolute Gasteiger partial charge is 0.225 e. The monoisotopic (exact) mass is 394 g/mol. The largest absolute Gasteiger partial charge is 0.497 e. The van der Waals surface area contributed by atoms with Crippen LogP contribution in [0, 0.1) is 0 Å². The molecule has 0 aliphatic carbocycles. The summed E-state index contributed by atoms with van der Waals surface area (Å²) in [5.41, 5.74) is 6.53. The minimum Gasteiger partial charge on any atom is -0.497 e. The maximum atomic E-state index is 12.5. The van der Waals surface area contributed by atoms with Gasteiger partial charge in [0.1, 0.15) is 5.75 Å². The highest BCUT2D eigenvalue weighted by Gasteiger charge is 2.19. The predicted octanol–water partition coefficient (Wildman–Crippen LogP) is 2.10. The first-order valence-corrected chi connectivity index (χ1v) is 9.64. The molecule has 0 aliphatic heterocycles. The molecule has 9 heteroatoms. The van der Waals surface area contributed by atoms with E-state index in [1.807, 2.05) is 0 Å². The van der Waals surface area contributed by atoms with Gasteiger partial charge in [0.2, 0.25) is 5.91 Å². The molecule has 8 nitrogen and oxygen atoms in total. The molecule has 2 rings (SSSR count). The molecule has 27 heavy (non-hydrogen) atoms. The number of carbonyl (C=O) groups is 1. The fraction of sp³-hybridized carbons (Fsp3) is 0.278. The molecule has 0 radical (unpaired) electrons. The van der Waals surface area contributed by atoms with Crippen molar-refractivity contribution in [3.8, 4) is 17.2 Å². The van der Waals surface area contributed by atoms with Gasteiger partial charge in [-0.05, 0) is 24.3 Å². The predicted molar refractivity (Wildman–Crippen MR) is 102 cm³/mol. The van der Waals surface area contributed by atoms with Gasteiger partial charge in [-0.3, -0.25) is 4.79 Å². The van der Waals surface area contributed by atoms with Crippen molar-refractivity contribution in [2.75, 3.05) is 38.1 Å². The van der Waals surface area contributed by atoms with Crippen molar-refractivity contribution in [2.45, 2.75) is 11.3 Å². The Hall–Kier alpha value is -2.94. The fourth-order valence-corrected chi connectivity index (χ4v) is 3.59. The van der Waals surface area contributed by atoms with Crippen LogP contribution in [-0.2, 0) is 14.6 Å². The molecule has 0 atom stereocenters. The highest BCUT2D eigenvalue weighted by Crippen LogP contribution is 2.30. The van der Waals surface area contributed by atoms with Crippen molar-refractivity contribution in [3.63, 3.8) is 0 Å². The molecule has 2 aromatic rings. The number of hydrogen-bond donors (Lipinski definition) is 2. The third-order valence-electron chi connectivity index (χ3n) is 3.85. The van der Waals surface area contributed by atoms with Crippen LogP contribution in [0.3, 0.4) is 0 Å². The quantitative estimate of drug-likeness (QED) is 0.658. The van der Waals surface area contributed by atoms with E-state index in [4.69, 9.17) is 19.9 Å². The van der Waals surface area contributed by atoms with Crippen LogP contribution in [0.2, 0.25) is 0 Å². The van der Waals surface area contributed by atoms with E-state index in [2.05, 4.69) is 5.32 Å². The summed E-state index contributed by atoms with van der Waals surface area (Å²) < 4.78 is 40.3. The first-order chi connectivity index (χ1) is 12.8. The van der Waals surface area contributed by atoms with E-state index < -0.39 is 15.7 Å². The molecule has 0 heterocycles. The lowest BCUT2D eigenvalue weighted by Crippen LogP contribution is -2.18. The molecule has 0 aromatic heterocycles. The second kappa shape index (κ2) is 8.63. The number of carbonyl (C=O) groups excluding carboxylic acids is 1. The number of methoxy groups -OCH3 is 3. The Kier molecular flexibility index (Phi) is 6.51. The van der Waals surface area contributed by atoms with Crippen LogP contribution in [0.1, 0.15) is 6.42 Å². The maximum absolute atomic E-state index is 12.5. The number of amides is 1. The van der Waals surface area contributed by atoms with Crippen LogP contribution in [0.25, 0.3) is 0 Å². The highest BCUT2D eigenvalue weighted by molar-refractivity contribution is 7.91. The maximum Gasteiger partial charge on any atom is 0.225 e. The van der Waals surface area contributed by atoms with Crippen LogP contribution in [0.4, 0.5) is 11.4 Å². The van der Waals surface area contributed by atoms with Gasteiger partial charge in [0.05, 0.1) is 43.4 Å². The Morgan fingerprint density at radius 2 is 1.70 bits per heavy atom. The second-order valence-corrected chi connectivity index (χ2v) is 7.70. The minimum atomic E-state index is -3.68. The first-order valence-electron chi connectivity index (χ1n) is 7.99. The summed E-state index contributed by atoms with van der Waals surface area (Å²) >= 11 is 0. The summed E-state index contributed by atoms with van der Waals surface area (Å²) in [6, 6.07) is 9.10. The summed E-state index contributed by atoms with van der Waals surface area (Å²) in [5.74, 6) is 0.407. The SMILES string of the molecule is COc1ccc(N)c(NC(=O)CCS(=O)(=O)c2ccc(OC)c(OC)c2)c1. The van der Waals surface area contributed by atoms with Gasteiger partial charge in [-0.15, -0.1) is 0 Å². The average Bonchev–Trinajstić information content (AvgIpc) is 2.67. The number of rotatable bonds is 8. The number of nitrogens with two attached hydrogens (primary N) is 1. The molecule has 2 aromatic carbocycles. The van der Waals surface area contributed by atoms with E-state index in [0.29, 0.717) is 28.6 Å². The van der Waals surface area contributed by atoms with Gasteiger partial charge in [-0.2, -0.15) is 0 Å². The summed E-state index contributed by atoms with van der Waals surface area (Å²) in [7, 11) is 0.688.